The highest BCUT2D eigenvalue weighted by Gasteiger charge is 2.23. The minimum Gasteiger partial charge on any atom is -0.491 e. The molecule has 0 saturated carbocycles. The van der Waals surface area contributed by atoms with Gasteiger partial charge in [-0.25, -0.2) is 0 Å². The first-order valence-electron chi connectivity index (χ1n) is 8.04. The van der Waals surface area contributed by atoms with Gasteiger partial charge in [0.25, 0.3) is 4.96 Å². The number of nitrogens with one attached hydrogen (secondary N) is 1. The minimum absolute atomic E-state index is 0.0413. The third-order valence-corrected chi connectivity index (χ3v) is 4.63. The van der Waals surface area contributed by atoms with Crippen LogP contribution in [0.3, 0.4) is 0 Å². The predicted octanol–water partition coefficient (Wildman–Crippen LogP) is 3.73. The average Bonchev–Trinajstić information content (AvgIpc) is 3.22. The molecule has 0 bridgehead atoms. The summed E-state index contributed by atoms with van der Waals surface area (Å²) < 4.78 is 7.30. The van der Waals surface area contributed by atoms with Gasteiger partial charge in [-0.05, 0) is 23.5 Å². The van der Waals surface area contributed by atoms with Crippen molar-refractivity contribution in [2.45, 2.75) is 6.42 Å². The summed E-state index contributed by atoms with van der Waals surface area (Å²) in [5.41, 5.74) is 0.827. The van der Waals surface area contributed by atoms with Gasteiger partial charge in [0, 0.05) is 23.5 Å². The topological polar surface area (TPSA) is 94.6 Å². The fourth-order valence-corrected chi connectivity index (χ4v) is 3.43. The standard InChI is InChI=1S/C17H15N5O3S/c23-22(24)16-15(20-17-21(16)9-11-26-17)19-8-3-10-25-13-6-1-4-12-5-2-7-18-14(12)13/h1-2,4-7,9,11,19H,3,8,10H2. The lowest BCUT2D eigenvalue weighted by molar-refractivity contribution is -0.389. The van der Waals surface area contributed by atoms with Gasteiger partial charge in [-0.15, -0.1) is 0 Å². The molecule has 0 radical (unpaired) electrons. The maximum atomic E-state index is 11.3. The Kier molecular flexibility index (Phi) is 4.36. The van der Waals surface area contributed by atoms with Gasteiger partial charge in [0.05, 0.1) is 6.61 Å². The number of thiazole rings is 1. The van der Waals surface area contributed by atoms with E-state index in [9.17, 15) is 10.1 Å². The SMILES string of the molecule is O=[N+]([O-])c1c(NCCCOc2cccc3cccnc23)nc2sccn12. The molecule has 0 aliphatic heterocycles. The molecule has 4 rings (SSSR count). The second-order valence-corrected chi connectivity index (χ2v) is 6.43. The Bertz CT molecular complexity index is 1070. The first-order valence-corrected chi connectivity index (χ1v) is 8.92. The molecule has 4 aromatic rings. The van der Waals surface area contributed by atoms with Crippen molar-refractivity contribution < 1.29 is 9.66 Å². The number of imidazole rings is 1. The molecule has 132 valence electrons. The van der Waals surface area contributed by atoms with Crippen molar-refractivity contribution in [3.63, 3.8) is 0 Å². The van der Waals surface area contributed by atoms with Crippen LogP contribution in [0.15, 0.2) is 48.1 Å². The van der Waals surface area contributed by atoms with E-state index >= 15 is 0 Å². The van der Waals surface area contributed by atoms with Gasteiger partial charge < -0.3 is 20.2 Å². The van der Waals surface area contributed by atoms with E-state index in [0.717, 1.165) is 16.7 Å². The smallest absolute Gasteiger partial charge is 0.372 e. The number of rotatable bonds is 7. The molecule has 3 heterocycles. The Labute approximate surface area is 152 Å². The van der Waals surface area contributed by atoms with Crippen LogP contribution in [0.5, 0.6) is 5.75 Å². The number of nitro groups is 1. The Hall–Kier alpha value is -3.20. The molecule has 8 nitrogen and oxygen atoms in total. The van der Waals surface area contributed by atoms with E-state index in [0.29, 0.717) is 24.5 Å². The van der Waals surface area contributed by atoms with Crippen LogP contribution in [0.4, 0.5) is 11.6 Å². The van der Waals surface area contributed by atoms with Crippen molar-refractivity contribution in [2.75, 3.05) is 18.5 Å². The first-order chi connectivity index (χ1) is 12.7. The van der Waals surface area contributed by atoms with Crippen molar-refractivity contribution in [1.29, 1.82) is 0 Å². The van der Waals surface area contributed by atoms with Crippen LogP contribution >= 0.6 is 11.3 Å². The predicted molar refractivity (Wildman–Crippen MR) is 100 cm³/mol. The number of hydrogen-bond donors (Lipinski definition) is 1. The second kappa shape index (κ2) is 6.96. The van der Waals surface area contributed by atoms with Crippen LogP contribution in [0.25, 0.3) is 15.9 Å². The minimum atomic E-state index is -0.423. The normalized spacial score (nSPS) is 11.1. The highest BCUT2D eigenvalue weighted by Crippen LogP contribution is 2.28. The van der Waals surface area contributed by atoms with Crippen LogP contribution < -0.4 is 10.1 Å². The van der Waals surface area contributed by atoms with Crippen LogP contribution in [-0.2, 0) is 0 Å². The first kappa shape index (κ1) is 16.3. The van der Waals surface area contributed by atoms with E-state index < -0.39 is 4.92 Å². The monoisotopic (exact) mass is 369 g/mol. The van der Waals surface area contributed by atoms with E-state index in [1.165, 1.54) is 15.7 Å². The maximum Gasteiger partial charge on any atom is 0.372 e. The molecule has 3 aromatic heterocycles. The molecule has 0 fully saturated rings. The van der Waals surface area contributed by atoms with Gasteiger partial charge in [0.15, 0.2) is 0 Å². The fraction of sp³-hybridized carbons (Fsp3) is 0.176. The molecular formula is C17H15N5O3S. The average molecular weight is 369 g/mol. The summed E-state index contributed by atoms with van der Waals surface area (Å²) in [6.07, 6.45) is 4.05. The molecule has 26 heavy (non-hydrogen) atoms. The van der Waals surface area contributed by atoms with Crippen molar-refractivity contribution in [2.24, 2.45) is 0 Å². The van der Waals surface area contributed by atoms with E-state index in [2.05, 4.69) is 15.3 Å². The van der Waals surface area contributed by atoms with Crippen LogP contribution in [0.2, 0.25) is 0 Å². The number of para-hydroxylation sites is 1. The number of pyridine rings is 1. The number of aromatic nitrogens is 3. The Morgan fingerprint density at radius 2 is 2.19 bits per heavy atom. The summed E-state index contributed by atoms with van der Waals surface area (Å²) in [6, 6.07) is 9.68. The summed E-state index contributed by atoms with van der Waals surface area (Å²) in [5.74, 6) is 0.977. The zero-order valence-electron chi connectivity index (χ0n) is 13.7. The van der Waals surface area contributed by atoms with Crippen molar-refractivity contribution in [1.82, 2.24) is 14.4 Å². The third-order valence-electron chi connectivity index (χ3n) is 3.88. The van der Waals surface area contributed by atoms with Gasteiger partial charge in [-0.1, -0.05) is 29.5 Å². The Morgan fingerprint density at radius 3 is 3.08 bits per heavy atom. The van der Waals surface area contributed by atoms with Gasteiger partial charge >= 0.3 is 5.82 Å². The zero-order chi connectivity index (χ0) is 17.9. The van der Waals surface area contributed by atoms with Crippen molar-refractivity contribution >= 4 is 38.8 Å². The van der Waals surface area contributed by atoms with E-state index in [1.54, 1.807) is 17.8 Å². The molecule has 0 saturated heterocycles. The fourth-order valence-electron chi connectivity index (χ4n) is 2.72. The summed E-state index contributed by atoms with van der Waals surface area (Å²) in [7, 11) is 0. The van der Waals surface area contributed by atoms with Crippen LogP contribution in [0.1, 0.15) is 6.42 Å². The Morgan fingerprint density at radius 1 is 1.31 bits per heavy atom. The van der Waals surface area contributed by atoms with E-state index in [1.807, 2.05) is 30.3 Å². The zero-order valence-corrected chi connectivity index (χ0v) is 14.5. The van der Waals surface area contributed by atoms with Gasteiger partial charge in [-0.3, -0.25) is 4.98 Å². The number of hydrogen-bond acceptors (Lipinski definition) is 7. The maximum absolute atomic E-state index is 11.3. The highest BCUT2D eigenvalue weighted by atomic mass is 32.1. The molecule has 1 N–H and O–H groups in total. The molecule has 0 amide bonds. The molecule has 0 spiro atoms. The van der Waals surface area contributed by atoms with Gasteiger partial charge in [0.1, 0.15) is 17.5 Å². The summed E-state index contributed by atoms with van der Waals surface area (Å²) in [5, 5.41) is 17.1. The lowest BCUT2D eigenvalue weighted by Gasteiger charge is -2.09. The van der Waals surface area contributed by atoms with Crippen LogP contribution in [0, 0.1) is 10.1 Å². The summed E-state index contributed by atoms with van der Waals surface area (Å²) >= 11 is 1.36. The number of ether oxygens (including phenoxy) is 1. The second-order valence-electron chi connectivity index (χ2n) is 5.56. The molecule has 0 unspecified atom stereocenters. The van der Waals surface area contributed by atoms with E-state index in [4.69, 9.17) is 4.74 Å². The molecule has 1 aromatic carbocycles. The number of benzene rings is 1. The third kappa shape index (κ3) is 3.04. The number of anilines is 1. The molecular weight excluding hydrogens is 354 g/mol. The van der Waals surface area contributed by atoms with Crippen molar-refractivity contribution in [3.8, 4) is 5.75 Å². The van der Waals surface area contributed by atoms with Gasteiger partial charge in [0.2, 0.25) is 5.82 Å². The summed E-state index contributed by atoms with van der Waals surface area (Å²) in [4.78, 5) is 20.1. The molecule has 0 atom stereocenters. The van der Waals surface area contributed by atoms with Crippen molar-refractivity contribution in [3.05, 3.63) is 58.2 Å². The summed E-state index contributed by atoms with van der Waals surface area (Å²) in [6.45, 7) is 0.989. The molecule has 0 aliphatic rings. The van der Waals surface area contributed by atoms with Gasteiger partial charge in [-0.2, -0.15) is 9.38 Å². The van der Waals surface area contributed by atoms with Crippen LogP contribution in [-0.4, -0.2) is 32.4 Å². The lowest BCUT2D eigenvalue weighted by atomic mass is 10.2. The Balaban J connectivity index is 1.36. The molecule has 0 aliphatic carbocycles. The number of fused-ring (bicyclic) bond motifs is 2. The quantitative estimate of drug-likeness (QED) is 0.303. The largest absolute Gasteiger partial charge is 0.491 e. The number of nitrogens with zero attached hydrogens (tertiary/aromatic N) is 4. The lowest BCUT2D eigenvalue weighted by Crippen LogP contribution is -2.09. The highest BCUT2D eigenvalue weighted by molar-refractivity contribution is 7.15. The molecule has 9 heteroatoms. The van der Waals surface area contributed by atoms with E-state index in [-0.39, 0.29) is 11.6 Å².